The molecule has 1 N–H and O–H groups in total. The quantitative estimate of drug-likeness (QED) is 0.448. The van der Waals surface area contributed by atoms with E-state index in [0.29, 0.717) is 0 Å². The Morgan fingerprint density at radius 2 is 1.82 bits per heavy atom. The lowest BCUT2D eigenvalue weighted by Gasteiger charge is -2.08. The molecular weight excluding hydrogens is 158 g/mol. The van der Waals surface area contributed by atoms with E-state index in [-0.39, 0.29) is 12.4 Å². The zero-order valence-corrected chi connectivity index (χ0v) is 8.25. The van der Waals surface area contributed by atoms with Crippen LogP contribution in [0.2, 0.25) is 0 Å². The summed E-state index contributed by atoms with van der Waals surface area (Å²) in [7, 11) is 0. The molecule has 66 valence electrons. The molecule has 0 amide bonds. The zero-order chi connectivity index (χ0) is 7.40. The predicted molar refractivity (Wildman–Crippen MR) is 44.2 cm³/mol. The van der Waals surface area contributed by atoms with Gasteiger partial charge in [-0.2, -0.15) is 0 Å². The van der Waals surface area contributed by atoms with Crippen LogP contribution in [0.15, 0.2) is 11.6 Å². The third-order valence-electron chi connectivity index (χ3n) is 2.11. The first-order valence-corrected chi connectivity index (χ1v) is 4.26. The second-order valence-electron chi connectivity index (χ2n) is 3.44. The molecule has 0 saturated carbocycles. The number of nitrogens with one attached hydrogen (secondary N) is 1. The molecule has 1 heterocycles. The largest absolute Gasteiger partial charge is 1.00 e. The highest BCUT2D eigenvalue weighted by Gasteiger charge is 2.12. The highest BCUT2D eigenvalue weighted by molar-refractivity contribution is 4.92. The fraction of sp³-hybridized carbons (Fsp3) is 0.778. The molecule has 0 atom stereocenters. The molecule has 1 saturated heterocycles. The standard InChI is InChI=1S/C9H17N.ClH/c1-9(2)5-8-10-6-3-4-7-10;/h5H,3-4,6-8H2,1-2H3;1H. The van der Waals surface area contributed by atoms with Gasteiger partial charge in [0.1, 0.15) is 0 Å². The summed E-state index contributed by atoms with van der Waals surface area (Å²) in [5.41, 5.74) is 1.46. The van der Waals surface area contributed by atoms with Crippen LogP contribution in [-0.2, 0) is 0 Å². The molecule has 0 bridgehead atoms. The van der Waals surface area contributed by atoms with Crippen molar-refractivity contribution in [1.82, 2.24) is 0 Å². The third kappa shape index (κ3) is 4.44. The van der Waals surface area contributed by atoms with Gasteiger partial charge < -0.3 is 17.3 Å². The van der Waals surface area contributed by atoms with Gasteiger partial charge in [-0.25, -0.2) is 0 Å². The van der Waals surface area contributed by atoms with Crippen molar-refractivity contribution in [2.45, 2.75) is 26.7 Å². The second kappa shape index (κ2) is 5.62. The van der Waals surface area contributed by atoms with E-state index < -0.39 is 0 Å². The van der Waals surface area contributed by atoms with Gasteiger partial charge >= 0.3 is 0 Å². The number of halogens is 1. The number of rotatable bonds is 2. The molecule has 1 rings (SSSR count). The van der Waals surface area contributed by atoms with Gasteiger partial charge in [0.15, 0.2) is 0 Å². The van der Waals surface area contributed by atoms with Crippen molar-refractivity contribution in [3.63, 3.8) is 0 Å². The van der Waals surface area contributed by atoms with E-state index in [1.807, 2.05) is 0 Å². The number of allylic oxidation sites excluding steroid dienone is 1. The molecule has 0 unspecified atom stereocenters. The van der Waals surface area contributed by atoms with Crippen LogP contribution in [0.25, 0.3) is 0 Å². The van der Waals surface area contributed by atoms with Crippen molar-refractivity contribution in [2.75, 3.05) is 19.6 Å². The minimum Gasteiger partial charge on any atom is -1.00 e. The smallest absolute Gasteiger partial charge is 0.0960 e. The number of hydrogen-bond acceptors (Lipinski definition) is 0. The van der Waals surface area contributed by atoms with Crippen LogP contribution in [0.3, 0.4) is 0 Å². The van der Waals surface area contributed by atoms with Crippen molar-refractivity contribution in [1.29, 1.82) is 0 Å². The molecule has 0 aromatic rings. The van der Waals surface area contributed by atoms with Gasteiger partial charge in [-0.05, 0) is 19.9 Å². The lowest BCUT2D eigenvalue weighted by molar-refractivity contribution is -0.881. The molecule has 0 radical (unpaired) electrons. The molecule has 0 aliphatic carbocycles. The highest BCUT2D eigenvalue weighted by Crippen LogP contribution is 1.89. The molecule has 0 aromatic heterocycles. The fourth-order valence-corrected chi connectivity index (χ4v) is 1.43. The highest BCUT2D eigenvalue weighted by atomic mass is 35.5. The van der Waals surface area contributed by atoms with Crippen molar-refractivity contribution < 1.29 is 17.3 Å². The Hall–Kier alpha value is -0.0100. The van der Waals surface area contributed by atoms with Crippen molar-refractivity contribution in [2.24, 2.45) is 0 Å². The number of likely N-dealkylation sites (tertiary alicyclic amines) is 1. The van der Waals surface area contributed by atoms with Gasteiger partial charge in [-0.15, -0.1) is 0 Å². The normalized spacial score (nSPS) is 17.6. The van der Waals surface area contributed by atoms with Crippen LogP contribution in [0.1, 0.15) is 26.7 Å². The maximum atomic E-state index is 2.35. The Balaban J connectivity index is 0.000001000. The monoisotopic (exact) mass is 175 g/mol. The summed E-state index contributed by atoms with van der Waals surface area (Å²) >= 11 is 0. The molecule has 1 aliphatic heterocycles. The summed E-state index contributed by atoms with van der Waals surface area (Å²) in [6.45, 7) is 8.39. The maximum Gasteiger partial charge on any atom is 0.0960 e. The van der Waals surface area contributed by atoms with E-state index in [1.165, 1.54) is 38.0 Å². The Bertz CT molecular complexity index is 122. The van der Waals surface area contributed by atoms with Crippen LogP contribution in [0, 0.1) is 0 Å². The van der Waals surface area contributed by atoms with Crippen molar-refractivity contribution in [3.05, 3.63) is 11.6 Å². The lowest BCUT2D eigenvalue weighted by atomic mass is 10.3. The van der Waals surface area contributed by atoms with Gasteiger partial charge in [0.2, 0.25) is 0 Å². The predicted octanol–water partition coefficient (Wildman–Crippen LogP) is -2.36. The molecule has 1 fully saturated rings. The van der Waals surface area contributed by atoms with E-state index in [1.54, 1.807) is 4.90 Å². The van der Waals surface area contributed by atoms with Crippen molar-refractivity contribution in [3.8, 4) is 0 Å². The second-order valence-corrected chi connectivity index (χ2v) is 3.44. The summed E-state index contributed by atoms with van der Waals surface area (Å²) in [5, 5.41) is 0. The Morgan fingerprint density at radius 1 is 1.27 bits per heavy atom. The molecule has 1 aliphatic rings. The Morgan fingerprint density at radius 3 is 2.27 bits per heavy atom. The summed E-state index contributed by atoms with van der Waals surface area (Å²) in [6, 6.07) is 0. The molecule has 2 heteroatoms. The first-order valence-electron chi connectivity index (χ1n) is 4.26. The van der Waals surface area contributed by atoms with Gasteiger partial charge in [0.25, 0.3) is 0 Å². The van der Waals surface area contributed by atoms with Crippen LogP contribution in [-0.4, -0.2) is 19.6 Å². The molecule has 0 spiro atoms. The van der Waals surface area contributed by atoms with E-state index in [4.69, 9.17) is 0 Å². The van der Waals surface area contributed by atoms with Crippen LogP contribution >= 0.6 is 0 Å². The maximum absolute atomic E-state index is 2.35. The van der Waals surface area contributed by atoms with E-state index >= 15 is 0 Å². The van der Waals surface area contributed by atoms with Gasteiger partial charge in [0, 0.05) is 12.8 Å². The fourth-order valence-electron chi connectivity index (χ4n) is 1.43. The third-order valence-corrected chi connectivity index (χ3v) is 2.11. The van der Waals surface area contributed by atoms with E-state index in [9.17, 15) is 0 Å². The van der Waals surface area contributed by atoms with Crippen LogP contribution in [0.4, 0.5) is 0 Å². The van der Waals surface area contributed by atoms with Gasteiger partial charge in [-0.3, -0.25) is 0 Å². The van der Waals surface area contributed by atoms with E-state index in [2.05, 4.69) is 19.9 Å². The molecular formula is C9H18ClN. The Labute approximate surface area is 75.9 Å². The van der Waals surface area contributed by atoms with Gasteiger partial charge in [-0.1, -0.05) is 5.57 Å². The average molecular weight is 176 g/mol. The average Bonchev–Trinajstić information content (AvgIpc) is 2.34. The molecule has 1 nitrogen and oxygen atoms in total. The first-order chi connectivity index (χ1) is 4.79. The van der Waals surface area contributed by atoms with Gasteiger partial charge in [0.05, 0.1) is 19.6 Å². The summed E-state index contributed by atoms with van der Waals surface area (Å²) < 4.78 is 0. The van der Waals surface area contributed by atoms with E-state index in [0.717, 1.165) is 0 Å². The van der Waals surface area contributed by atoms with Crippen LogP contribution < -0.4 is 17.3 Å². The Kier molecular flexibility index (Phi) is 5.61. The summed E-state index contributed by atoms with van der Waals surface area (Å²) in [4.78, 5) is 1.76. The minimum atomic E-state index is 0. The minimum absolute atomic E-state index is 0. The topological polar surface area (TPSA) is 4.44 Å². The SMILES string of the molecule is CC(C)=CC[NH+]1CCCC1.[Cl-]. The first kappa shape index (κ1) is 11.0. The summed E-state index contributed by atoms with van der Waals surface area (Å²) in [6.07, 6.45) is 5.22. The number of hydrogen-bond donors (Lipinski definition) is 1. The molecule has 11 heavy (non-hydrogen) atoms. The number of quaternary nitrogens is 1. The zero-order valence-electron chi connectivity index (χ0n) is 7.49. The molecule has 0 aromatic carbocycles. The lowest BCUT2D eigenvalue weighted by Crippen LogP contribution is -3.09. The summed E-state index contributed by atoms with van der Waals surface area (Å²) in [5.74, 6) is 0. The van der Waals surface area contributed by atoms with Crippen LogP contribution in [0.5, 0.6) is 0 Å². The van der Waals surface area contributed by atoms with Crippen molar-refractivity contribution >= 4 is 0 Å².